The standard InChI is InChI=1S/C13H11FN4O2/c1-6-3-7(5-8(14)4-6)10-15-9-11(16-10)18(2)13(20)17-12(9)19/h3-5H,1-2H3,(H,15,16)(H,17,19,20). The first-order chi connectivity index (χ1) is 9.45. The summed E-state index contributed by atoms with van der Waals surface area (Å²) in [6, 6.07) is 4.46. The number of benzene rings is 1. The van der Waals surface area contributed by atoms with Gasteiger partial charge in [0.2, 0.25) is 0 Å². The number of imidazole rings is 1. The molecule has 0 unspecified atom stereocenters. The van der Waals surface area contributed by atoms with E-state index in [2.05, 4.69) is 15.0 Å². The van der Waals surface area contributed by atoms with Crippen molar-refractivity contribution in [3.63, 3.8) is 0 Å². The third-order valence-electron chi connectivity index (χ3n) is 3.07. The number of hydrogen-bond acceptors (Lipinski definition) is 3. The summed E-state index contributed by atoms with van der Waals surface area (Å²) < 4.78 is 14.7. The second-order valence-electron chi connectivity index (χ2n) is 4.62. The van der Waals surface area contributed by atoms with Gasteiger partial charge in [-0.3, -0.25) is 14.3 Å². The number of aromatic nitrogens is 4. The Morgan fingerprint density at radius 2 is 1.95 bits per heavy atom. The van der Waals surface area contributed by atoms with Crippen LogP contribution < -0.4 is 11.2 Å². The molecule has 20 heavy (non-hydrogen) atoms. The number of nitrogens with one attached hydrogen (secondary N) is 2. The molecule has 102 valence electrons. The SMILES string of the molecule is Cc1cc(F)cc(-c2nc3c([nH]2)c(=O)[nH]c(=O)n3C)c1. The Bertz CT molecular complexity index is 915. The van der Waals surface area contributed by atoms with E-state index < -0.39 is 11.2 Å². The van der Waals surface area contributed by atoms with Gasteiger partial charge in [0.05, 0.1) is 0 Å². The Hall–Kier alpha value is -2.70. The van der Waals surface area contributed by atoms with E-state index in [0.717, 1.165) is 5.56 Å². The molecule has 7 heteroatoms. The molecular weight excluding hydrogens is 263 g/mol. The van der Waals surface area contributed by atoms with Crippen molar-refractivity contribution in [2.75, 3.05) is 0 Å². The van der Waals surface area contributed by atoms with E-state index in [-0.39, 0.29) is 17.0 Å². The summed E-state index contributed by atoms with van der Waals surface area (Å²) in [5.74, 6) is -0.0439. The molecule has 2 heterocycles. The highest BCUT2D eigenvalue weighted by atomic mass is 19.1. The van der Waals surface area contributed by atoms with Crippen LogP contribution >= 0.6 is 0 Å². The molecule has 0 aliphatic heterocycles. The van der Waals surface area contributed by atoms with Crippen LogP contribution in [-0.2, 0) is 7.05 Å². The van der Waals surface area contributed by atoms with Gasteiger partial charge in [0.15, 0.2) is 5.65 Å². The van der Waals surface area contributed by atoms with Gasteiger partial charge in [0.1, 0.15) is 17.2 Å². The predicted molar refractivity (Wildman–Crippen MR) is 72.1 cm³/mol. The summed E-state index contributed by atoms with van der Waals surface area (Å²) >= 11 is 0. The normalized spacial score (nSPS) is 11.2. The highest BCUT2D eigenvalue weighted by molar-refractivity contribution is 5.75. The Labute approximate surface area is 111 Å². The monoisotopic (exact) mass is 274 g/mol. The fraction of sp³-hybridized carbons (Fsp3) is 0.154. The van der Waals surface area contributed by atoms with Crippen LogP contribution in [0.5, 0.6) is 0 Å². The molecule has 0 aliphatic carbocycles. The quantitative estimate of drug-likeness (QED) is 0.696. The van der Waals surface area contributed by atoms with Crippen LogP contribution in [0.1, 0.15) is 5.56 Å². The summed E-state index contributed by atoms with van der Waals surface area (Å²) in [6.07, 6.45) is 0. The van der Waals surface area contributed by atoms with Crippen LogP contribution in [0.3, 0.4) is 0 Å². The maximum absolute atomic E-state index is 13.4. The summed E-state index contributed by atoms with van der Waals surface area (Å²) in [5.41, 5.74) is 0.583. The Balaban J connectivity index is 2.33. The number of rotatable bonds is 1. The Morgan fingerprint density at radius 1 is 1.20 bits per heavy atom. The van der Waals surface area contributed by atoms with E-state index in [1.54, 1.807) is 13.0 Å². The molecule has 0 aliphatic rings. The minimum atomic E-state index is -0.546. The molecular formula is C13H11FN4O2. The van der Waals surface area contributed by atoms with E-state index in [1.807, 2.05) is 0 Å². The van der Waals surface area contributed by atoms with Gasteiger partial charge in [-0.25, -0.2) is 14.2 Å². The average Bonchev–Trinajstić information content (AvgIpc) is 2.80. The molecule has 0 amide bonds. The second kappa shape index (κ2) is 4.16. The van der Waals surface area contributed by atoms with Gasteiger partial charge < -0.3 is 4.98 Å². The first-order valence-electron chi connectivity index (χ1n) is 5.92. The predicted octanol–water partition coefficient (Wildman–Crippen LogP) is 1.06. The number of aromatic amines is 2. The minimum absolute atomic E-state index is 0.184. The maximum atomic E-state index is 13.4. The number of nitrogens with zero attached hydrogens (tertiary/aromatic N) is 2. The van der Waals surface area contributed by atoms with E-state index in [1.165, 1.54) is 23.7 Å². The minimum Gasteiger partial charge on any atom is -0.332 e. The average molecular weight is 274 g/mol. The Kier molecular flexibility index (Phi) is 2.56. The number of H-pyrrole nitrogens is 2. The van der Waals surface area contributed by atoms with Gasteiger partial charge in [-0.1, -0.05) is 0 Å². The molecule has 2 N–H and O–H groups in total. The molecule has 0 saturated carbocycles. The third-order valence-corrected chi connectivity index (χ3v) is 3.07. The van der Waals surface area contributed by atoms with Gasteiger partial charge in [-0.2, -0.15) is 0 Å². The highest BCUT2D eigenvalue weighted by Crippen LogP contribution is 2.20. The van der Waals surface area contributed by atoms with Crippen molar-refractivity contribution in [2.24, 2.45) is 7.05 Å². The lowest BCUT2D eigenvalue weighted by Gasteiger charge is -1.99. The van der Waals surface area contributed by atoms with Gasteiger partial charge in [-0.05, 0) is 30.7 Å². The molecule has 3 rings (SSSR count). The first-order valence-corrected chi connectivity index (χ1v) is 5.92. The van der Waals surface area contributed by atoms with Crippen molar-refractivity contribution in [3.05, 3.63) is 50.4 Å². The van der Waals surface area contributed by atoms with Crippen molar-refractivity contribution in [3.8, 4) is 11.4 Å². The summed E-state index contributed by atoms with van der Waals surface area (Å²) in [7, 11) is 1.50. The van der Waals surface area contributed by atoms with Gasteiger partial charge in [0, 0.05) is 12.6 Å². The van der Waals surface area contributed by atoms with Crippen molar-refractivity contribution in [1.82, 2.24) is 19.5 Å². The largest absolute Gasteiger partial charge is 0.332 e. The van der Waals surface area contributed by atoms with Crippen molar-refractivity contribution < 1.29 is 4.39 Å². The first kappa shape index (κ1) is 12.3. The zero-order valence-corrected chi connectivity index (χ0v) is 10.8. The van der Waals surface area contributed by atoms with Crippen molar-refractivity contribution in [1.29, 1.82) is 0 Å². The van der Waals surface area contributed by atoms with Gasteiger partial charge in [0.25, 0.3) is 5.56 Å². The van der Waals surface area contributed by atoms with Crippen LogP contribution in [0.2, 0.25) is 0 Å². The second-order valence-corrected chi connectivity index (χ2v) is 4.62. The van der Waals surface area contributed by atoms with E-state index in [0.29, 0.717) is 11.4 Å². The zero-order chi connectivity index (χ0) is 14.4. The zero-order valence-electron chi connectivity index (χ0n) is 10.8. The van der Waals surface area contributed by atoms with Gasteiger partial charge >= 0.3 is 5.69 Å². The molecule has 2 aromatic heterocycles. The maximum Gasteiger partial charge on any atom is 0.329 e. The molecule has 0 atom stereocenters. The molecule has 0 bridgehead atoms. The molecule has 0 radical (unpaired) electrons. The summed E-state index contributed by atoms with van der Waals surface area (Å²) in [5, 5.41) is 0. The topological polar surface area (TPSA) is 83.5 Å². The third kappa shape index (κ3) is 1.83. The van der Waals surface area contributed by atoms with Gasteiger partial charge in [-0.15, -0.1) is 0 Å². The fourth-order valence-electron chi connectivity index (χ4n) is 2.11. The van der Waals surface area contributed by atoms with Crippen LogP contribution in [-0.4, -0.2) is 19.5 Å². The molecule has 1 aromatic carbocycles. The smallest absolute Gasteiger partial charge is 0.329 e. The lowest BCUT2D eigenvalue weighted by Crippen LogP contribution is -2.28. The number of halogens is 1. The molecule has 3 aromatic rings. The Morgan fingerprint density at radius 3 is 2.65 bits per heavy atom. The van der Waals surface area contributed by atoms with Crippen LogP contribution in [0.25, 0.3) is 22.6 Å². The lowest BCUT2D eigenvalue weighted by molar-refractivity contribution is 0.627. The molecule has 6 nitrogen and oxygen atoms in total. The van der Waals surface area contributed by atoms with Crippen molar-refractivity contribution >= 4 is 11.2 Å². The van der Waals surface area contributed by atoms with Crippen molar-refractivity contribution in [2.45, 2.75) is 6.92 Å². The van der Waals surface area contributed by atoms with Crippen LogP contribution in [0.15, 0.2) is 27.8 Å². The molecule has 0 spiro atoms. The van der Waals surface area contributed by atoms with E-state index in [9.17, 15) is 14.0 Å². The lowest BCUT2D eigenvalue weighted by atomic mass is 10.1. The van der Waals surface area contributed by atoms with E-state index >= 15 is 0 Å². The number of hydrogen-bond donors (Lipinski definition) is 2. The molecule has 0 saturated heterocycles. The summed E-state index contributed by atoms with van der Waals surface area (Å²) in [6.45, 7) is 1.76. The van der Waals surface area contributed by atoms with Crippen LogP contribution in [0, 0.1) is 12.7 Å². The number of aryl methyl sites for hydroxylation is 2. The van der Waals surface area contributed by atoms with Crippen LogP contribution in [0.4, 0.5) is 4.39 Å². The fourth-order valence-corrected chi connectivity index (χ4v) is 2.11. The van der Waals surface area contributed by atoms with E-state index in [4.69, 9.17) is 0 Å². The number of fused-ring (bicyclic) bond motifs is 1. The summed E-state index contributed by atoms with van der Waals surface area (Å²) in [4.78, 5) is 32.4. The highest BCUT2D eigenvalue weighted by Gasteiger charge is 2.12. The molecule has 0 fully saturated rings.